The highest BCUT2D eigenvalue weighted by Crippen LogP contribution is 2.45. The van der Waals surface area contributed by atoms with E-state index in [2.05, 4.69) is 20.1 Å². The number of likely N-dealkylation sites (tertiary alicyclic amines) is 2. The molecule has 0 saturated carbocycles. The van der Waals surface area contributed by atoms with Gasteiger partial charge in [-0.05, 0) is 19.1 Å². The van der Waals surface area contributed by atoms with Gasteiger partial charge < -0.3 is 14.3 Å². The number of hydrogen-bond acceptors (Lipinski definition) is 7. The first kappa shape index (κ1) is 18.4. The van der Waals surface area contributed by atoms with Crippen LogP contribution in [0.1, 0.15) is 32.6 Å². The molecule has 3 aromatic rings. The Morgan fingerprint density at radius 3 is 2.43 bits per heavy atom. The second-order valence-electron chi connectivity index (χ2n) is 7.83. The minimum atomic E-state index is -0.594. The number of aromatic nitrogens is 4. The third-order valence-corrected chi connectivity index (χ3v) is 5.94. The topological polar surface area (TPSA) is 105 Å². The molecule has 4 heterocycles. The van der Waals surface area contributed by atoms with Crippen LogP contribution in [0.25, 0.3) is 0 Å². The lowest BCUT2D eigenvalue weighted by atomic mass is 9.81. The van der Waals surface area contributed by atoms with E-state index in [1.807, 2.05) is 35.2 Å². The van der Waals surface area contributed by atoms with E-state index in [-0.39, 0.29) is 17.7 Å². The van der Waals surface area contributed by atoms with Gasteiger partial charge in [0.15, 0.2) is 5.82 Å². The van der Waals surface area contributed by atoms with Crippen LogP contribution in [-0.4, -0.2) is 67.9 Å². The van der Waals surface area contributed by atoms with Crippen LogP contribution in [0.5, 0.6) is 0 Å². The van der Waals surface area contributed by atoms with Crippen molar-refractivity contribution in [3.05, 3.63) is 71.9 Å². The molecule has 9 heteroatoms. The van der Waals surface area contributed by atoms with Crippen molar-refractivity contribution in [2.45, 2.75) is 12.3 Å². The molecule has 2 amide bonds. The van der Waals surface area contributed by atoms with Gasteiger partial charge in [-0.3, -0.25) is 14.6 Å². The first-order valence-electron chi connectivity index (χ1n) is 9.77. The highest BCUT2D eigenvalue weighted by atomic mass is 16.5. The Morgan fingerprint density at radius 2 is 1.80 bits per heavy atom. The normalized spacial score (nSPS) is 22.9. The van der Waals surface area contributed by atoms with Gasteiger partial charge in [-0.15, -0.1) is 0 Å². The lowest BCUT2D eigenvalue weighted by Crippen LogP contribution is -2.41. The predicted octanol–water partition coefficient (Wildman–Crippen LogP) is 1.33. The summed E-state index contributed by atoms with van der Waals surface area (Å²) in [5.41, 5.74) is 0.345. The van der Waals surface area contributed by atoms with Gasteiger partial charge in [-0.2, -0.15) is 4.98 Å². The number of aryl methyl sites for hydroxylation is 1. The fourth-order valence-electron chi connectivity index (χ4n) is 4.51. The van der Waals surface area contributed by atoms with Crippen LogP contribution in [0.4, 0.5) is 0 Å². The van der Waals surface area contributed by atoms with Crippen LogP contribution in [-0.2, 0) is 5.41 Å². The van der Waals surface area contributed by atoms with Gasteiger partial charge in [0, 0.05) is 50.1 Å². The average molecular weight is 404 g/mol. The largest absolute Gasteiger partial charge is 0.339 e. The van der Waals surface area contributed by atoms with Crippen LogP contribution >= 0.6 is 0 Å². The highest BCUT2D eigenvalue weighted by molar-refractivity contribution is 5.95. The molecule has 2 aliphatic heterocycles. The Morgan fingerprint density at radius 1 is 1.07 bits per heavy atom. The monoisotopic (exact) mass is 404 g/mol. The van der Waals surface area contributed by atoms with Crippen LogP contribution in [0.3, 0.4) is 0 Å². The molecule has 0 N–H and O–H groups in total. The molecule has 2 aromatic heterocycles. The molecule has 152 valence electrons. The molecule has 2 saturated heterocycles. The molecule has 30 heavy (non-hydrogen) atoms. The second kappa shape index (κ2) is 7.01. The maximum atomic E-state index is 13.1. The molecule has 0 bridgehead atoms. The second-order valence-corrected chi connectivity index (χ2v) is 7.83. The quantitative estimate of drug-likeness (QED) is 0.648. The Kier molecular flexibility index (Phi) is 4.30. The number of nitrogens with zero attached hydrogens (tertiary/aromatic N) is 6. The number of benzene rings is 1. The lowest BCUT2D eigenvalue weighted by molar-refractivity contribution is 0.0724. The van der Waals surface area contributed by atoms with Gasteiger partial charge in [0.2, 0.25) is 5.89 Å². The number of hydrogen-bond donors (Lipinski definition) is 0. The molecule has 2 fully saturated rings. The average Bonchev–Trinajstić information content (AvgIpc) is 3.46. The van der Waals surface area contributed by atoms with Crippen molar-refractivity contribution >= 4 is 11.8 Å². The van der Waals surface area contributed by atoms with E-state index >= 15 is 0 Å². The van der Waals surface area contributed by atoms with E-state index in [0.29, 0.717) is 49.2 Å². The summed E-state index contributed by atoms with van der Waals surface area (Å²) in [7, 11) is 0. The van der Waals surface area contributed by atoms with Gasteiger partial charge in [-0.25, -0.2) is 4.98 Å². The van der Waals surface area contributed by atoms with Crippen LogP contribution in [0.2, 0.25) is 0 Å². The smallest absolute Gasteiger partial charge is 0.274 e. The minimum absolute atomic E-state index is 0.00867. The minimum Gasteiger partial charge on any atom is -0.339 e. The Bertz CT molecular complexity index is 1020. The van der Waals surface area contributed by atoms with E-state index in [4.69, 9.17) is 4.52 Å². The molecule has 0 radical (unpaired) electrons. The van der Waals surface area contributed by atoms with Crippen molar-refractivity contribution in [2.75, 3.05) is 26.2 Å². The van der Waals surface area contributed by atoms with Crippen molar-refractivity contribution in [2.24, 2.45) is 5.92 Å². The van der Waals surface area contributed by atoms with Crippen molar-refractivity contribution in [3.63, 3.8) is 0 Å². The summed E-state index contributed by atoms with van der Waals surface area (Å²) in [5.74, 6) is 0.777. The standard InChI is InChI=1S/C21H20N6O3/c1-14-24-20(30-25-14)21-12-26(18(28)15-5-3-2-4-6-15)10-16(21)11-27(13-21)19(29)17-9-22-7-8-23-17/h2-9,16H,10-13H2,1H3/t16-,21-/m1/s1. The molecule has 0 spiro atoms. The Labute approximate surface area is 172 Å². The predicted molar refractivity (Wildman–Crippen MR) is 104 cm³/mol. The van der Waals surface area contributed by atoms with E-state index < -0.39 is 5.41 Å². The van der Waals surface area contributed by atoms with Crippen LogP contribution in [0, 0.1) is 12.8 Å². The van der Waals surface area contributed by atoms with Gasteiger partial charge >= 0.3 is 0 Å². The zero-order valence-electron chi connectivity index (χ0n) is 16.4. The number of carbonyl (C=O) groups is 2. The molecule has 1 aromatic carbocycles. The van der Waals surface area contributed by atoms with Crippen LogP contribution < -0.4 is 0 Å². The van der Waals surface area contributed by atoms with Crippen molar-refractivity contribution in [3.8, 4) is 0 Å². The van der Waals surface area contributed by atoms with Crippen LogP contribution in [0.15, 0.2) is 53.4 Å². The van der Waals surface area contributed by atoms with Crippen molar-refractivity contribution < 1.29 is 14.1 Å². The first-order chi connectivity index (χ1) is 14.6. The SMILES string of the molecule is Cc1noc([C@@]23CN(C(=O)c4ccccc4)C[C@@H]2CN(C(=O)c2cnccn2)C3)n1. The van der Waals surface area contributed by atoms with Gasteiger partial charge in [-0.1, -0.05) is 23.4 Å². The molecule has 0 aliphatic carbocycles. The van der Waals surface area contributed by atoms with Gasteiger partial charge in [0.1, 0.15) is 5.69 Å². The van der Waals surface area contributed by atoms with Crippen molar-refractivity contribution in [1.29, 1.82) is 0 Å². The number of fused-ring (bicyclic) bond motifs is 1. The molecular formula is C21H20N6O3. The fraction of sp³-hybridized carbons (Fsp3) is 0.333. The van der Waals surface area contributed by atoms with E-state index in [0.717, 1.165) is 0 Å². The molecule has 0 unspecified atom stereocenters. The van der Waals surface area contributed by atoms with E-state index in [1.165, 1.54) is 18.6 Å². The summed E-state index contributed by atoms with van der Waals surface area (Å²) < 4.78 is 5.56. The summed E-state index contributed by atoms with van der Waals surface area (Å²) >= 11 is 0. The van der Waals surface area contributed by atoms with Gasteiger partial charge in [0.25, 0.3) is 11.8 Å². The zero-order chi connectivity index (χ0) is 20.7. The summed E-state index contributed by atoms with van der Waals surface area (Å²) in [4.78, 5) is 42.2. The summed E-state index contributed by atoms with van der Waals surface area (Å²) in [6, 6.07) is 9.20. The number of rotatable bonds is 3. The third-order valence-electron chi connectivity index (χ3n) is 5.94. The van der Waals surface area contributed by atoms with E-state index in [1.54, 1.807) is 11.8 Å². The molecular weight excluding hydrogens is 384 g/mol. The summed E-state index contributed by atoms with van der Waals surface area (Å²) in [6.45, 7) is 3.55. The third kappa shape index (κ3) is 2.94. The Balaban J connectivity index is 1.45. The first-order valence-corrected chi connectivity index (χ1v) is 9.77. The maximum absolute atomic E-state index is 13.1. The van der Waals surface area contributed by atoms with E-state index in [9.17, 15) is 9.59 Å². The molecule has 5 rings (SSSR count). The van der Waals surface area contributed by atoms with Gasteiger partial charge in [0.05, 0.1) is 11.6 Å². The summed E-state index contributed by atoms with van der Waals surface area (Å²) in [6.07, 6.45) is 4.50. The molecule has 2 atom stereocenters. The highest BCUT2D eigenvalue weighted by Gasteiger charge is 2.58. The summed E-state index contributed by atoms with van der Waals surface area (Å²) in [5, 5.41) is 3.96. The molecule has 2 aliphatic rings. The fourth-order valence-corrected chi connectivity index (χ4v) is 4.51. The number of carbonyl (C=O) groups excluding carboxylic acids is 2. The lowest BCUT2D eigenvalue weighted by Gasteiger charge is -2.26. The molecule has 9 nitrogen and oxygen atoms in total. The maximum Gasteiger partial charge on any atom is 0.274 e. The number of amides is 2. The Hall–Kier alpha value is -3.62. The van der Waals surface area contributed by atoms with Crippen molar-refractivity contribution in [1.82, 2.24) is 29.9 Å². The zero-order valence-corrected chi connectivity index (χ0v) is 16.4.